The highest BCUT2D eigenvalue weighted by atomic mass is 16.4. The number of hydrogen-bond acceptors (Lipinski definition) is 3. The minimum Gasteiger partial charge on any atom is -0.478 e. The molecule has 2 rings (SSSR count). The maximum absolute atomic E-state index is 12.0. The van der Waals surface area contributed by atoms with Crippen molar-refractivity contribution in [1.29, 1.82) is 0 Å². The third-order valence-electron chi connectivity index (χ3n) is 3.50. The molecule has 0 radical (unpaired) electrons. The maximum Gasteiger partial charge on any atom is 0.336 e. The van der Waals surface area contributed by atoms with Crippen molar-refractivity contribution in [3.8, 4) is 0 Å². The number of amides is 1. The summed E-state index contributed by atoms with van der Waals surface area (Å²) >= 11 is 0. The van der Waals surface area contributed by atoms with Gasteiger partial charge in [-0.05, 0) is 25.0 Å². The maximum atomic E-state index is 12.0. The first kappa shape index (κ1) is 14.2. The minimum atomic E-state index is -1.02. The number of likely N-dealkylation sites (N-methyl/N-ethyl adjacent to an activating group) is 1. The average molecular weight is 274 g/mol. The van der Waals surface area contributed by atoms with Gasteiger partial charge >= 0.3 is 5.97 Å². The summed E-state index contributed by atoms with van der Waals surface area (Å²) in [5.41, 5.74) is 1.59. The topological polar surface area (TPSA) is 70.0 Å². The van der Waals surface area contributed by atoms with E-state index in [0.29, 0.717) is 11.4 Å². The number of carbonyl (C=O) groups excluding carboxylic acids is 1. The van der Waals surface area contributed by atoms with Crippen molar-refractivity contribution in [3.05, 3.63) is 34.9 Å². The lowest BCUT2D eigenvalue weighted by molar-refractivity contribution is -0.121. The predicted octanol–water partition coefficient (Wildman–Crippen LogP) is 1.94. The van der Waals surface area contributed by atoms with Crippen LogP contribution < -0.4 is 0 Å². The van der Waals surface area contributed by atoms with Crippen LogP contribution in [0.3, 0.4) is 0 Å². The molecule has 1 unspecified atom stereocenters. The molecule has 0 saturated heterocycles. The molecule has 1 aliphatic heterocycles. The molecule has 1 heterocycles. The Morgan fingerprint density at radius 3 is 2.55 bits per heavy atom. The number of nitrogens with zero attached hydrogens (tertiary/aromatic N) is 2. The van der Waals surface area contributed by atoms with E-state index in [0.717, 1.165) is 5.56 Å². The van der Waals surface area contributed by atoms with Crippen LogP contribution in [0.5, 0.6) is 0 Å². The summed E-state index contributed by atoms with van der Waals surface area (Å²) in [5, 5.41) is 9.29. The smallest absolute Gasteiger partial charge is 0.336 e. The molecule has 0 aliphatic carbocycles. The fourth-order valence-corrected chi connectivity index (χ4v) is 2.56. The molecule has 0 bridgehead atoms. The number of carboxylic acid groups (broad SMARTS) is 1. The lowest BCUT2D eigenvalue weighted by Gasteiger charge is -2.25. The van der Waals surface area contributed by atoms with Crippen LogP contribution in [0, 0.1) is 12.8 Å². The second kappa shape index (κ2) is 5.07. The summed E-state index contributed by atoms with van der Waals surface area (Å²) in [6.45, 7) is 5.78. The minimum absolute atomic E-state index is 0.117. The molecule has 20 heavy (non-hydrogen) atoms. The van der Waals surface area contributed by atoms with Crippen LogP contribution in [0.4, 0.5) is 0 Å². The van der Waals surface area contributed by atoms with Gasteiger partial charge in [0.05, 0.1) is 5.56 Å². The Morgan fingerprint density at radius 2 is 2.05 bits per heavy atom. The quantitative estimate of drug-likeness (QED) is 0.914. The van der Waals surface area contributed by atoms with E-state index in [1.807, 2.05) is 20.8 Å². The Morgan fingerprint density at radius 1 is 1.40 bits per heavy atom. The zero-order valence-electron chi connectivity index (χ0n) is 12.0. The molecule has 0 saturated carbocycles. The van der Waals surface area contributed by atoms with Gasteiger partial charge in [0.2, 0.25) is 0 Å². The Hall–Kier alpha value is -2.17. The monoisotopic (exact) mass is 274 g/mol. The number of aryl methyl sites for hydroxylation is 1. The number of carbonyl (C=O) groups is 2. The first-order chi connectivity index (χ1) is 9.32. The van der Waals surface area contributed by atoms with E-state index in [4.69, 9.17) is 0 Å². The number of benzene rings is 1. The Kier molecular flexibility index (Phi) is 3.61. The molecule has 5 nitrogen and oxygen atoms in total. The Balaban J connectivity index is 2.53. The number of rotatable bonds is 3. The molecule has 1 aliphatic rings. The van der Waals surface area contributed by atoms with E-state index in [1.54, 1.807) is 30.1 Å². The van der Waals surface area contributed by atoms with E-state index in [1.165, 1.54) is 0 Å². The van der Waals surface area contributed by atoms with Gasteiger partial charge in [0.1, 0.15) is 11.9 Å². The molecule has 0 fully saturated rings. The molecule has 106 valence electrons. The first-order valence-electron chi connectivity index (χ1n) is 6.52. The summed E-state index contributed by atoms with van der Waals surface area (Å²) in [4.78, 5) is 29.2. The van der Waals surface area contributed by atoms with Gasteiger partial charge < -0.3 is 10.0 Å². The first-order valence-corrected chi connectivity index (χ1v) is 6.52. The summed E-state index contributed by atoms with van der Waals surface area (Å²) in [6.07, 6.45) is 0. The molecule has 1 N–H and O–H groups in total. The van der Waals surface area contributed by atoms with Crippen LogP contribution in [-0.4, -0.2) is 40.8 Å². The normalized spacial score (nSPS) is 18.6. The largest absolute Gasteiger partial charge is 0.478 e. The zero-order valence-corrected chi connectivity index (χ0v) is 12.0. The van der Waals surface area contributed by atoms with Crippen LogP contribution in [0.25, 0.3) is 0 Å². The third-order valence-corrected chi connectivity index (χ3v) is 3.50. The fourth-order valence-electron chi connectivity index (χ4n) is 2.56. The predicted molar refractivity (Wildman–Crippen MR) is 76.1 cm³/mol. The molecule has 0 spiro atoms. The number of aliphatic imine (C=N–C) groups is 1. The van der Waals surface area contributed by atoms with Crippen LogP contribution in [-0.2, 0) is 4.79 Å². The highest BCUT2D eigenvalue weighted by molar-refractivity contribution is 6.15. The Bertz CT molecular complexity index is 605. The van der Waals surface area contributed by atoms with Gasteiger partial charge in [-0.15, -0.1) is 0 Å². The molecule has 1 aromatic rings. The summed E-state index contributed by atoms with van der Waals surface area (Å²) < 4.78 is 0. The highest BCUT2D eigenvalue weighted by Crippen LogP contribution is 2.24. The van der Waals surface area contributed by atoms with Crippen molar-refractivity contribution in [2.75, 3.05) is 7.05 Å². The summed E-state index contributed by atoms with van der Waals surface area (Å²) in [7, 11) is 1.78. The van der Waals surface area contributed by atoms with E-state index in [-0.39, 0.29) is 23.4 Å². The average Bonchev–Trinajstić information content (AvgIpc) is 2.64. The number of hydrogen-bond donors (Lipinski definition) is 1. The van der Waals surface area contributed by atoms with Crippen molar-refractivity contribution in [3.63, 3.8) is 0 Å². The Labute approximate surface area is 117 Å². The van der Waals surface area contributed by atoms with Crippen molar-refractivity contribution < 1.29 is 14.7 Å². The molecule has 1 atom stereocenters. The lowest BCUT2D eigenvalue weighted by Crippen LogP contribution is -2.39. The van der Waals surface area contributed by atoms with Gasteiger partial charge in [0.25, 0.3) is 5.91 Å². The highest BCUT2D eigenvalue weighted by Gasteiger charge is 2.36. The van der Waals surface area contributed by atoms with Crippen molar-refractivity contribution >= 4 is 17.7 Å². The van der Waals surface area contributed by atoms with Gasteiger partial charge in [-0.3, -0.25) is 4.79 Å². The summed E-state index contributed by atoms with van der Waals surface area (Å²) in [6, 6.07) is 4.72. The second-order valence-electron chi connectivity index (χ2n) is 5.43. The van der Waals surface area contributed by atoms with E-state index in [9.17, 15) is 14.7 Å². The van der Waals surface area contributed by atoms with E-state index in [2.05, 4.69) is 4.99 Å². The van der Waals surface area contributed by atoms with Crippen molar-refractivity contribution in [1.82, 2.24) is 4.90 Å². The number of carboxylic acids is 1. The number of amidine groups is 1. The standard InChI is InChI=1S/C15H18N2O3/c1-8(2)12-14(18)16-13(17(12)4)11-7-9(3)5-6-10(11)15(19)20/h5-8,12H,1-4H3,(H,19,20). The van der Waals surface area contributed by atoms with Gasteiger partial charge in [0.15, 0.2) is 0 Å². The molecular formula is C15H18N2O3. The molecule has 5 heteroatoms. The van der Waals surface area contributed by atoms with Crippen LogP contribution >= 0.6 is 0 Å². The van der Waals surface area contributed by atoms with Gasteiger partial charge in [-0.1, -0.05) is 25.5 Å². The summed E-state index contributed by atoms with van der Waals surface area (Å²) in [5.74, 6) is -0.673. The fraction of sp³-hybridized carbons (Fsp3) is 0.400. The SMILES string of the molecule is Cc1ccc(C(=O)O)c(C2=NC(=O)C(C(C)C)N2C)c1. The number of aromatic carboxylic acids is 1. The second-order valence-corrected chi connectivity index (χ2v) is 5.43. The van der Waals surface area contributed by atoms with Crippen molar-refractivity contribution in [2.24, 2.45) is 10.9 Å². The molecule has 1 amide bonds. The van der Waals surface area contributed by atoms with Crippen molar-refractivity contribution in [2.45, 2.75) is 26.8 Å². The van der Waals surface area contributed by atoms with Crippen LogP contribution in [0.15, 0.2) is 23.2 Å². The van der Waals surface area contributed by atoms with Gasteiger partial charge in [-0.2, -0.15) is 4.99 Å². The van der Waals surface area contributed by atoms with Gasteiger partial charge in [-0.25, -0.2) is 4.79 Å². The third kappa shape index (κ3) is 2.31. The molecular weight excluding hydrogens is 256 g/mol. The van der Waals surface area contributed by atoms with Crippen LogP contribution in [0.2, 0.25) is 0 Å². The van der Waals surface area contributed by atoms with Crippen LogP contribution in [0.1, 0.15) is 35.3 Å². The van der Waals surface area contributed by atoms with Gasteiger partial charge in [0, 0.05) is 12.6 Å². The van der Waals surface area contributed by atoms with E-state index >= 15 is 0 Å². The molecule has 0 aromatic heterocycles. The molecule has 1 aromatic carbocycles. The van der Waals surface area contributed by atoms with E-state index < -0.39 is 5.97 Å². The lowest BCUT2D eigenvalue weighted by atomic mass is 10.0. The zero-order chi connectivity index (χ0) is 15.0.